The molecular weight excluding hydrogens is 178 g/mol. The predicted molar refractivity (Wildman–Crippen MR) is 61.3 cm³/mol. The molecule has 0 aliphatic rings. The van der Waals surface area contributed by atoms with Crippen LogP contribution in [0.5, 0.6) is 0 Å². The van der Waals surface area contributed by atoms with Gasteiger partial charge in [-0.3, -0.25) is 0 Å². The van der Waals surface area contributed by atoms with E-state index in [2.05, 4.69) is 43.9 Å². The van der Waals surface area contributed by atoms with Crippen molar-refractivity contribution in [3.8, 4) is 0 Å². The number of thiol groups is 1. The van der Waals surface area contributed by atoms with Crippen LogP contribution in [0.4, 0.5) is 0 Å². The Morgan fingerprint density at radius 3 is 2.38 bits per heavy atom. The molecule has 1 N–H and O–H groups in total. The number of nitrogens with one attached hydrogen (secondary N) is 1. The van der Waals surface area contributed by atoms with Crippen LogP contribution in [-0.2, 0) is 0 Å². The quantitative estimate of drug-likeness (QED) is 0.704. The molecule has 1 unspecified atom stereocenters. The third-order valence-electron chi connectivity index (χ3n) is 1.90. The summed E-state index contributed by atoms with van der Waals surface area (Å²) in [5.41, 5.74) is 1.28. The van der Waals surface area contributed by atoms with Gasteiger partial charge in [0.25, 0.3) is 0 Å². The van der Waals surface area contributed by atoms with E-state index < -0.39 is 0 Å². The highest BCUT2D eigenvalue weighted by atomic mass is 32.1. The van der Waals surface area contributed by atoms with Crippen molar-refractivity contribution in [2.24, 2.45) is 0 Å². The van der Waals surface area contributed by atoms with E-state index in [4.69, 9.17) is 0 Å². The number of hydrogen-bond acceptors (Lipinski definition) is 2. The average molecular weight is 195 g/mol. The molecule has 0 bridgehead atoms. The largest absolute Gasteiger partial charge is 0.313 e. The second-order valence-electron chi connectivity index (χ2n) is 3.49. The summed E-state index contributed by atoms with van der Waals surface area (Å²) in [5.74, 6) is 0. The second kappa shape index (κ2) is 5.30. The van der Waals surface area contributed by atoms with Gasteiger partial charge in [-0.15, -0.1) is 0 Å². The van der Waals surface area contributed by atoms with E-state index in [9.17, 15) is 0 Å². The monoisotopic (exact) mass is 195 g/mol. The fourth-order valence-electron chi connectivity index (χ4n) is 1.14. The van der Waals surface area contributed by atoms with Gasteiger partial charge in [0.15, 0.2) is 0 Å². The van der Waals surface area contributed by atoms with Crippen molar-refractivity contribution in [2.45, 2.75) is 25.1 Å². The van der Waals surface area contributed by atoms with Gasteiger partial charge < -0.3 is 5.32 Å². The maximum absolute atomic E-state index is 4.53. The summed E-state index contributed by atoms with van der Waals surface area (Å²) in [4.78, 5) is 0. The summed E-state index contributed by atoms with van der Waals surface area (Å²) in [6, 6.07) is 10.9. The number of hydrogen-bond donors (Lipinski definition) is 2. The summed E-state index contributed by atoms with van der Waals surface area (Å²) in [5, 5.41) is 3.66. The van der Waals surface area contributed by atoms with Crippen LogP contribution in [0.1, 0.15) is 24.7 Å². The molecule has 0 amide bonds. The lowest BCUT2D eigenvalue weighted by atomic mass is 10.1. The normalized spacial score (nSPS) is 13.2. The predicted octanol–water partition coefficient (Wildman–Crippen LogP) is 2.66. The maximum Gasteiger partial charge on any atom is 0.0391 e. The molecule has 0 heterocycles. The Morgan fingerprint density at radius 1 is 1.23 bits per heavy atom. The lowest BCUT2D eigenvalue weighted by Gasteiger charge is -2.14. The Bertz CT molecular complexity index is 233. The highest BCUT2D eigenvalue weighted by molar-refractivity contribution is 7.80. The molecule has 1 aromatic rings. The fourth-order valence-corrected chi connectivity index (χ4v) is 1.42. The van der Waals surface area contributed by atoms with E-state index in [1.165, 1.54) is 5.56 Å². The van der Waals surface area contributed by atoms with Crippen molar-refractivity contribution < 1.29 is 0 Å². The Morgan fingerprint density at radius 2 is 1.85 bits per heavy atom. The van der Waals surface area contributed by atoms with Crippen LogP contribution >= 0.6 is 12.6 Å². The van der Waals surface area contributed by atoms with Gasteiger partial charge in [0, 0.05) is 17.8 Å². The van der Waals surface area contributed by atoms with Crippen LogP contribution in [0, 0.1) is 0 Å². The molecule has 0 saturated carbocycles. The van der Waals surface area contributed by atoms with Crippen LogP contribution in [0.25, 0.3) is 0 Å². The van der Waals surface area contributed by atoms with Gasteiger partial charge in [-0.25, -0.2) is 0 Å². The van der Waals surface area contributed by atoms with Crippen molar-refractivity contribution in [1.29, 1.82) is 0 Å². The van der Waals surface area contributed by atoms with Crippen LogP contribution in [0.3, 0.4) is 0 Å². The first-order valence-corrected chi connectivity index (χ1v) is 5.18. The molecule has 0 aliphatic carbocycles. The highest BCUT2D eigenvalue weighted by Gasteiger charge is 2.05. The maximum atomic E-state index is 4.53. The third-order valence-corrected chi connectivity index (χ3v) is 2.38. The van der Waals surface area contributed by atoms with E-state index in [0.717, 1.165) is 6.54 Å². The molecule has 0 aromatic heterocycles. The lowest BCUT2D eigenvalue weighted by Crippen LogP contribution is -2.26. The summed E-state index contributed by atoms with van der Waals surface area (Å²) >= 11 is 4.53. The average Bonchev–Trinajstić information content (AvgIpc) is 2.15. The van der Waals surface area contributed by atoms with Crippen molar-refractivity contribution in [2.75, 3.05) is 6.54 Å². The first-order chi connectivity index (χ1) is 6.20. The third kappa shape index (κ3) is 3.83. The zero-order valence-electron chi connectivity index (χ0n) is 8.20. The lowest BCUT2D eigenvalue weighted by molar-refractivity contribution is 0.587. The minimum absolute atomic E-state index is 0.295. The molecule has 1 aromatic carbocycles. The molecule has 1 atom stereocenters. The van der Waals surface area contributed by atoms with Crippen LogP contribution < -0.4 is 5.32 Å². The van der Waals surface area contributed by atoms with Gasteiger partial charge in [0.2, 0.25) is 0 Å². The molecule has 0 aliphatic heterocycles. The first kappa shape index (κ1) is 10.6. The van der Waals surface area contributed by atoms with E-state index >= 15 is 0 Å². The molecule has 0 spiro atoms. The summed E-state index contributed by atoms with van der Waals surface area (Å²) in [6.07, 6.45) is 0. The summed E-state index contributed by atoms with van der Waals surface area (Å²) in [7, 11) is 0. The standard InChI is InChI=1S/C11H17NS/c1-9(2)12-8-11(13)10-6-4-3-5-7-10/h3-7,9,11-13H,8H2,1-2H3. The molecule has 13 heavy (non-hydrogen) atoms. The smallest absolute Gasteiger partial charge is 0.0391 e. The second-order valence-corrected chi connectivity index (χ2v) is 4.11. The SMILES string of the molecule is CC(C)NCC(S)c1ccccc1. The Hall–Kier alpha value is -0.470. The molecular formula is C11H17NS. The minimum Gasteiger partial charge on any atom is -0.313 e. The van der Waals surface area contributed by atoms with Crippen LogP contribution in [-0.4, -0.2) is 12.6 Å². The molecule has 1 rings (SSSR count). The van der Waals surface area contributed by atoms with Gasteiger partial charge in [-0.05, 0) is 5.56 Å². The summed E-state index contributed by atoms with van der Waals surface area (Å²) < 4.78 is 0. The van der Waals surface area contributed by atoms with Gasteiger partial charge >= 0.3 is 0 Å². The minimum atomic E-state index is 0.295. The molecule has 1 nitrogen and oxygen atoms in total. The Kier molecular flexibility index (Phi) is 4.33. The Labute approximate surface area is 86.0 Å². The van der Waals surface area contributed by atoms with Crippen LogP contribution in [0.15, 0.2) is 30.3 Å². The van der Waals surface area contributed by atoms with Crippen molar-refractivity contribution >= 4 is 12.6 Å². The molecule has 0 fully saturated rings. The van der Waals surface area contributed by atoms with Gasteiger partial charge in [-0.2, -0.15) is 12.6 Å². The zero-order chi connectivity index (χ0) is 9.68. The van der Waals surface area contributed by atoms with E-state index in [1.54, 1.807) is 0 Å². The van der Waals surface area contributed by atoms with Crippen molar-refractivity contribution in [3.63, 3.8) is 0 Å². The molecule has 72 valence electrons. The van der Waals surface area contributed by atoms with Crippen molar-refractivity contribution in [3.05, 3.63) is 35.9 Å². The van der Waals surface area contributed by atoms with Crippen molar-refractivity contribution in [1.82, 2.24) is 5.32 Å². The molecule has 0 radical (unpaired) electrons. The van der Waals surface area contributed by atoms with E-state index in [1.807, 2.05) is 18.2 Å². The van der Waals surface area contributed by atoms with E-state index in [-0.39, 0.29) is 0 Å². The van der Waals surface area contributed by atoms with Gasteiger partial charge in [-0.1, -0.05) is 44.2 Å². The van der Waals surface area contributed by atoms with Gasteiger partial charge in [0.1, 0.15) is 0 Å². The zero-order valence-corrected chi connectivity index (χ0v) is 9.09. The first-order valence-electron chi connectivity index (χ1n) is 4.66. The van der Waals surface area contributed by atoms with Crippen LogP contribution in [0.2, 0.25) is 0 Å². The topological polar surface area (TPSA) is 12.0 Å². The van der Waals surface area contributed by atoms with E-state index in [0.29, 0.717) is 11.3 Å². The summed E-state index contributed by atoms with van der Waals surface area (Å²) in [6.45, 7) is 5.21. The molecule has 0 saturated heterocycles. The van der Waals surface area contributed by atoms with Gasteiger partial charge in [0.05, 0.1) is 0 Å². The molecule has 2 heteroatoms. The number of benzene rings is 1. The number of rotatable bonds is 4. The highest BCUT2D eigenvalue weighted by Crippen LogP contribution is 2.17. The fraction of sp³-hybridized carbons (Fsp3) is 0.455. The Balaban J connectivity index is 2.44.